The number of hydrogen-bond acceptors (Lipinski definition) is 4. The van der Waals surface area contributed by atoms with Crippen LogP contribution in [0, 0.1) is 0 Å². The van der Waals surface area contributed by atoms with Crippen molar-refractivity contribution in [2.75, 3.05) is 26.3 Å². The summed E-state index contributed by atoms with van der Waals surface area (Å²) in [6, 6.07) is 11.5. The second kappa shape index (κ2) is 7.31. The molecule has 1 aliphatic rings. The van der Waals surface area contributed by atoms with Gasteiger partial charge in [-0.25, -0.2) is 0 Å². The van der Waals surface area contributed by atoms with E-state index in [4.69, 9.17) is 13.9 Å². The summed E-state index contributed by atoms with van der Waals surface area (Å²) in [6.07, 6.45) is 1.37. The minimum absolute atomic E-state index is 0.104. The van der Waals surface area contributed by atoms with E-state index in [0.717, 1.165) is 5.75 Å². The minimum atomic E-state index is -0.144. The van der Waals surface area contributed by atoms with Gasteiger partial charge in [-0.3, -0.25) is 4.79 Å². The Morgan fingerprint density at radius 2 is 2.00 bits per heavy atom. The first-order valence-electron chi connectivity index (χ1n) is 8.61. The van der Waals surface area contributed by atoms with Gasteiger partial charge in [0.2, 0.25) is 0 Å². The van der Waals surface area contributed by atoms with E-state index in [1.807, 2.05) is 12.1 Å². The molecule has 0 N–H and O–H groups in total. The van der Waals surface area contributed by atoms with Crippen LogP contribution in [0.25, 0.3) is 0 Å². The molecule has 0 radical (unpaired) electrons. The van der Waals surface area contributed by atoms with E-state index in [1.165, 1.54) is 11.8 Å². The molecule has 1 fully saturated rings. The second-order valence-corrected chi connectivity index (χ2v) is 7.31. The molecule has 0 spiro atoms. The van der Waals surface area contributed by atoms with Gasteiger partial charge in [-0.1, -0.05) is 32.9 Å². The molecule has 25 heavy (non-hydrogen) atoms. The molecule has 0 aliphatic carbocycles. The third-order valence-corrected chi connectivity index (χ3v) is 4.31. The minimum Gasteiger partial charge on any atom is -0.491 e. The molecule has 1 saturated heterocycles. The molecule has 0 bridgehead atoms. The molecule has 1 unspecified atom stereocenters. The van der Waals surface area contributed by atoms with E-state index in [0.29, 0.717) is 32.1 Å². The van der Waals surface area contributed by atoms with E-state index in [-0.39, 0.29) is 17.4 Å². The van der Waals surface area contributed by atoms with Crippen LogP contribution in [0.3, 0.4) is 0 Å². The van der Waals surface area contributed by atoms with Crippen molar-refractivity contribution in [2.24, 2.45) is 0 Å². The lowest BCUT2D eigenvalue weighted by Gasteiger charge is -2.32. The van der Waals surface area contributed by atoms with Crippen molar-refractivity contribution in [3.63, 3.8) is 0 Å². The van der Waals surface area contributed by atoms with Crippen molar-refractivity contribution in [2.45, 2.75) is 32.3 Å². The fourth-order valence-electron chi connectivity index (χ4n) is 2.80. The average molecular weight is 343 g/mol. The van der Waals surface area contributed by atoms with Crippen LogP contribution in [0.5, 0.6) is 5.75 Å². The van der Waals surface area contributed by atoms with Crippen LogP contribution in [0.2, 0.25) is 0 Å². The Balaban J connectivity index is 1.54. The van der Waals surface area contributed by atoms with Crippen LogP contribution < -0.4 is 4.74 Å². The highest BCUT2D eigenvalue weighted by atomic mass is 16.5. The number of carbonyl (C=O) groups excluding carboxylic acids is 1. The quantitative estimate of drug-likeness (QED) is 0.853. The Bertz CT molecular complexity index is 685. The van der Waals surface area contributed by atoms with E-state index < -0.39 is 0 Å². The standard InChI is InChI=1S/C20H25NO4/c1-20(2,3)15-6-8-16(9-7-15)25-14-17-13-21(10-12-23-17)19(22)18-5-4-11-24-18/h4-9,11,17H,10,12-14H2,1-3H3. The molecule has 2 heterocycles. The number of hydrogen-bond donors (Lipinski definition) is 0. The van der Waals surface area contributed by atoms with Gasteiger partial charge < -0.3 is 18.8 Å². The third kappa shape index (κ3) is 4.42. The summed E-state index contributed by atoms with van der Waals surface area (Å²) in [6.45, 7) is 8.53. The molecule has 1 atom stereocenters. The second-order valence-electron chi connectivity index (χ2n) is 7.31. The first-order chi connectivity index (χ1) is 11.9. The highest BCUT2D eigenvalue weighted by Gasteiger charge is 2.26. The maximum absolute atomic E-state index is 12.3. The Kier molecular flexibility index (Phi) is 5.13. The molecule has 2 aromatic rings. The number of amides is 1. The number of furan rings is 1. The lowest BCUT2D eigenvalue weighted by molar-refractivity contribution is -0.0408. The van der Waals surface area contributed by atoms with Crippen molar-refractivity contribution < 1.29 is 18.7 Å². The van der Waals surface area contributed by atoms with Crippen LogP contribution in [-0.4, -0.2) is 43.2 Å². The monoisotopic (exact) mass is 343 g/mol. The molecule has 5 heteroatoms. The van der Waals surface area contributed by atoms with Crippen molar-refractivity contribution in [3.05, 3.63) is 54.0 Å². The Hall–Kier alpha value is -2.27. The third-order valence-electron chi connectivity index (χ3n) is 4.31. The highest BCUT2D eigenvalue weighted by molar-refractivity contribution is 5.91. The number of rotatable bonds is 4. The van der Waals surface area contributed by atoms with Crippen LogP contribution in [0.4, 0.5) is 0 Å². The molecular weight excluding hydrogens is 318 g/mol. The van der Waals surface area contributed by atoms with Crippen molar-refractivity contribution in [1.82, 2.24) is 4.90 Å². The molecule has 3 rings (SSSR count). The topological polar surface area (TPSA) is 51.9 Å². The predicted molar refractivity (Wildman–Crippen MR) is 95.0 cm³/mol. The number of nitrogens with zero attached hydrogens (tertiary/aromatic N) is 1. The Labute approximate surface area is 148 Å². The molecule has 5 nitrogen and oxygen atoms in total. The fourth-order valence-corrected chi connectivity index (χ4v) is 2.80. The Morgan fingerprint density at radius 3 is 2.64 bits per heavy atom. The maximum atomic E-state index is 12.3. The van der Waals surface area contributed by atoms with Gasteiger partial charge in [0, 0.05) is 6.54 Å². The first-order valence-corrected chi connectivity index (χ1v) is 8.61. The SMILES string of the molecule is CC(C)(C)c1ccc(OCC2CN(C(=O)c3ccco3)CCO2)cc1. The number of carbonyl (C=O) groups is 1. The Morgan fingerprint density at radius 1 is 1.24 bits per heavy atom. The predicted octanol–water partition coefficient (Wildman–Crippen LogP) is 3.50. The molecule has 134 valence electrons. The number of morpholine rings is 1. The fraction of sp³-hybridized carbons (Fsp3) is 0.450. The van der Waals surface area contributed by atoms with Crippen LogP contribution in [-0.2, 0) is 10.2 Å². The van der Waals surface area contributed by atoms with Crippen molar-refractivity contribution in [3.8, 4) is 5.75 Å². The van der Waals surface area contributed by atoms with Gasteiger partial charge >= 0.3 is 0 Å². The highest BCUT2D eigenvalue weighted by Crippen LogP contribution is 2.24. The summed E-state index contributed by atoms with van der Waals surface area (Å²) in [5, 5.41) is 0. The lowest BCUT2D eigenvalue weighted by Crippen LogP contribution is -2.47. The summed E-state index contributed by atoms with van der Waals surface area (Å²) in [7, 11) is 0. The smallest absolute Gasteiger partial charge is 0.289 e. The zero-order valence-electron chi connectivity index (χ0n) is 15.0. The molecule has 1 aromatic heterocycles. The number of ether oxygens (including phenoxy) is 2. The molecule has 0 saturated carbocycles. The normalized spacial score (nSPS) is 18.2. The van der Waals surface area contributed by atoms with E-state index in [2.05, 4.69) is 32.9 Å². The van der Waals surface area contributed by atoms with E-state index in [9.17, 15) is 4.79 Å². The summed E-state index contributed by atoms with van der Waals surface area (Å²) in [4.78, 5) is 14.1. The summed E-state index contributed by atoms with van der Waals surface area (Å²) >= 11 is 0. The molecule has 1 amide bonds. The summed E-state index contributed by atoms with van der Waals surface area (Å²) in [5.74, 6) is 1.07. The first kappa shape index (κ1) is 17.5. The van der Waals surface area contributed by atoms with Crippen molar-refractivity contribution in [1.29, 1.82) is 0 Å². The van der Waals surface area contributed by atoms with Crippen LogP contribution in [0.1, 0.15) is 36.9 Å². The average Bonchev–Trinajstić information content (AvgIpc) is 3.14. The zero-order chi connectivity index (χ0) is 17.9. The zero-order valence-corrected chi connectivity index (χ0v) is 15.0. The van der Waals surface area contributed by atoms with Gasteiger partial charge in [-0.05, 0) is 35.2 Å². The van der Waals surface area contributed by atoms with Gasteiger partial charge in [0.05, 0.1) is 19.4 Å². The summed E-state index contributed by atoms with van der Waals surface area (Å²) in [5.41, 5.74) is 1.39. The van der Waals surface area contributed by atoms with Crippen molar-refractivity contribution >= 4 is 5.91 Å². The molecule has 1 aromatic carbocycles. The van der Waals surface area contributed by atoms with Gasteiger partial charge in [-0.15, -0.1) is 0 Å². The van der Waals surface area contributed by atoms with Gasteiger partial charge in [0.15, 0.2) is 5.76 Å². The summed E-state index contributed by atoms with van der Waals surface area (Å²) < 4.78 is 16.8. The lowest BCUT2D eigenvalue weighted by atomic mass is 9.87. The largest absolute Gasteiger partial charge is 0.491 e. The van der Waals surface area contributed by atoms with Gasteiger partial charge in [-0.2, -0.15) is 0 Å². The van der Waals surface area contributed by atoms with Crippen LogP contribution in [0.15, 0.2) is 47.1 Å². The number of benzene rings is 1. The maximum Gasteiger partial charge on any atom is 0.289 e. The molecule has 1 aliphatic heterocycles. The van der Waals surface area contributed by atoms with E-state index >= 15 is 0 Å². The van der Waals surface area contributed by atoms with Crippen LogP contribution >= 0.6 is 0 Å². The van der Waals surface area contributed by atoms with Gasteiger partial charge in [0.25, 0.3) is 5.91 Å². The molecular formula is C20H25NO4. The van der Waals surface area contributed by atoms with Gasteiger partial charge in [0.1, 0.15) is 18.5 Å². The van der Waals surface area contributed by atoms with E-state index in [1.54, 1.807) is 17.0 Å².